The van der Waals surface area contributed by atoms with Crippen molar-refractivity contribution in [2.24, 2.45) is 0 Å². The maximum atomic E-state index is 12.0. The van der Waals surface area contributed by atoms with Gasteiger partial charge in [0.2, 0.25) is 11.1 Å². The van der Waals surface area contributed by atoms with E-state index in [2.05, 4.69) is 44.8 Å². The fraction of sp³-hybridized carbons (Fsp3) is 0.438. The number of aromatic nitrogens is 3. The van der Waals surface area contributed by atoms with Gasteiger partial charge in [0.15, 0.2) is 0 Å². The molecule has 1 fully saturated rings. The first-order valence-corrected chi connectivity index (χ1v) is 8.51. The Hall–Kier alpha value is -1.82. The molecule has 0 radical (unpaired) electrons. The third kappa shape index (κ3) is 3.32. The Morgan fingerprint density at radius 1 is 1.36 bits per heavy atom. The second kappa shape index (κ2) is 6.52. The van der Waals surface area contributed by atoms with Gasteiger partial charge in [-0.15, -0.1) is 5.10 Å². The van der Waals surface area contributed by atoms with Gasteiger partial charge < -0.3 is 5.32 Å². The smallest absolute Gasteiger partial charge is 0.230 e. The zero-order valence-electron chi connectivity index (χ0n) is 12.6. The highest BCUT2D eigenvalue weighted by molar-refractivity contribution is 7.99. The normalized spacial score (nSPS) is 16.0. The highest BCUT2D eigenvalue weighted by Gasteiger charge is 2.38. The van der Waals surface area contributed by atoms with Crippen molar-refractivity contribution < 1.29 is 4.79 Å². The van der Waals surface area contributed by atoms with Gasteiger partial charge in [0, 0.05) is 12.0 Å². The molecular formula is C16H20N4OS. The Kier molecular flexibility index (Phi) is 4.47. The molecular weight excluding hydrogens is 296 g/mol. The monoisotopic (exact) mass is 316 g/mol. The number of carbonyl (C=O) groups excluding carboxylic acids is 1. The number of nitrogens with zero attached hydrogens (tertiary/aromatic N) is 2. The van der Waals surface area contributed by atoms with Crippen molar-refractivity contribution in [3.05, 3.63) is 41.7 Å². The summed E-state index contributed by atoms with van der Waals surface area (Å²) < 4.78 is 0. The van der Waals surface area contributed by atoms with Crippen molar-refractivity contribution in [2.45, 2.75) is 36.8 Å². The summed E-state index contributed by atoms with van der Waals surface area (Å²) in [6.07, 6.45) is 3.52. The summed E-state index contributed by atoms with van der Waals surface area (Å²) >= 11 is 1.36. The van der Waals surface area contributed by atoms with Crippen LogP contribution in [0.15, 0.2) is 35.5 Å². The van der Waals surface area contributed by atoms with Crippen LogP contribution in [-0.4, -0.2) is 33.4 Å². The van der Waals surface area contributed by atoms with E-state index in [1.807, 2.05) is 13.0 Å². The van der Waals surface area contributed by atoms with Crippen LogP contribution >= 0.6 is 11.8 Å². The lowest BCUT2D eigenvalue weighted by atomic mass is 9.64. The Balaban J connectivity index is 1.51. The van der Waals surface area contributed by atoms with Gasteiger partial charge in [0.25, 0.3) is 0 Å². The molecule has 1 aliphatic rings. The standard InChI is InChI=1S/C16H20N4OS/c1-12-18-15(20-19-12)22-10-14(21)17-11-16(8-5-9-16)13-6-3-2-4-7-13/h2-4,6-7H,5,8-11H2,1H3,(H,17,21)(H,18,19,20). The summed E-state index contributed by atoms with van der Waals surface area (Å²) in [5, 5.41) is 10.5. The van der Waals surface area contributed by atoms with Gasteiger partial charge in [-0.1, -0.05) is 48.5 Å². The van der Waals surface area contributed by atoms with Crippen molar-refractivity contribution in [1.82, 2.24) is 20.5 Å². The van der Waals surface area contributed by atoms with Crippen LogP contribution in [0.4, 0.5) is 0 Å². The van der Waals surface area contributed by atoms with E-state index in [-0.39, 0.29) is 11.3 Å². The first-order chi connectivity index (χ1) is 10.7. The Morgan fingerprint density at radius 2 is 2.14 bits per heavy atom. The van der Waals surface area contributed by atoms with E-state index in [0.29, 0.717) is 17.5 Å². The average molecular weight is 316 g/mol. The molecule has 22 heavy (non-hydrogen) atoms. The van der Waals surface area contributed by atoms with E-state index in [1.165, 1.54) is 23.7 Å². The Bertz CT molecular complexity index is 637. The molecule has 1 saturated carbocycles. The zero-order chi connectivity index (χ0) is 15.4. The fourth-order valence-corrected chi connectivity index (χ4v) is 3.47. The zero-order valence-corrected chi connectivity index (χ0v) is 13.4. The molecule has 1 aliphatic carbocycles. The molecule has 0 bridgehead atoms. The molecule has 3 rings (SSSR count). The molecule has 2 N–H and O–H groups in total. The van der Waals surface area contributed by atoms with E-state index in [4.69, 9.17) is 0 Å². The molecule has 1 heterocycles. The molecule has 6 heteroatoms. The molecule has 116 valence electrons. The van der Waals surface area contributed by atoms with Crippen molar-refractivity contribution in [1.29, 1.82) is 0 Å². The van der Waals surface area contributed by atoms with E-state index < -0.39 is 0 Å². The molecule has 2 aromatic rings. The molecule has 0 aliphatic heterocycles. The summed E-state index contributed by atoms with van der Waals surface area (Å²) in [6, 6.07) is 10.5. The lowest BCUT2D eigenvalue weighted by Gasteiger charge is -2.42. The third-order valence-electron chi connectivity index (χ3n) is 4.23. The van der Waals surface area contributed by atoms with E-state index in [0.717, 1.165) is 18.7 Å². The summed E-state index contributed by atoms with van der Waals surface area (Å²) in [6.45, 7) is 2.56. The van der Waals surface area contributed by atoms with Gasteiger partial charge in [-0.25, -0.2) is 4.98 Å². The van der Waals surface area contributed by atoms with Crippen LogP contribution in [0.1, 0.15) is 30.7 Å². The number of thioether (sulfide) groups is 1. The van der Waals surface area contributed by atoms with Crippen LogP contribution < -0.4 is 5.32 Å². The maximum absolute atomic E-state index is 12.0. The van der Waals surface area contributed by atoms with Gasteiger partial charge in [0.1, 0.15) is 5.82 Å². The van der Waals surface area contributed by atoms with Crippen LogP contribution in [0.2, 0.25) is 0 Å². The topological polar surface area (TPSA) is 70.7 Å². The molecule has 0 saturated heterocycles. The molecule has 0 spiro atoms. The van der Waals surface area contributed by atoms with E-state index in [1.54, 1.807) is 0 Å². The molecule has 1 amide bonds. The van der Waals surface area contributed by atoms with E-state index in [9.17, 15) is 4.79 Å². The maximum Gasteiger partial charge on any atom is 0.230 e. The van der Waals surface area contributed by atoms with E-state index >= 15 is 0 Å². The minimum absolute atomic E-state index is 0.0367. The molecule has 5 nitrogen and oxygen atoms in total. The summed E-state index contributed by atoms with van der Waals surface area (Å²) in [5.74, 6) is 1.15. The van der Waals surface area contributed by atoms with Crippen molar-refractivity contribution in [3.8, 4) is 0 Å². The second-order valence-corrected chi connectivity index (χ2v) is 6.71. The number of aryl methyl sites for hydroxylation is 1. The number of carbonyl (C=O) groups is 1. The largest absolute Gasteiger partial charge is 0.354 e. The van der Waals surface area contributed by atoms with Crippen LogP contribution in [0.25, 0.3) is 0 Å². The minimum atomic E-state index is 0.0367. The molecule has 1 aromatic carbocycles. The predicted molar refractivity (Wildman–Crippen MR) is 86.8 cm³/mol. The number of amides is 1. The summed E-state index contributed by atoms with van der Waals surface area (Å²) in [4.78, 5) is 16.2. The Labute approximate surface area is 134 Å². The van der Waals surface area contributed by atoms with Gasteiger partial charge in [-0.3, -0.25) is 9.89 Å². The first kappa shape index (κ1) is 15.1. The predicted octanol–water partition coefficient (Wildman–Crippen LogP) is 2.44. The Morgan fingerprint density at radius 3 is 2.73 bits per heavy atom. The third-order valence-corrected chi connectivity index (χ3v) is 5.08. The summed E-state index contributed by atoms with van der Waals surface area (Å²) in [7, 11) is 0. The lowest BCUT2D eigenvalue weighted by Crippen LogP contribution is -2.46. The van der Waals surface area contributed by atoms with Gasteiger partial charge in [-0.2, -0.15) is 0 Å². The number of rotatable bonds is 6. The van der Waals surface area contributed by atoms with Gasteiger partial charge in [0.05, 0.1) is 5.75 Å². The van der Waals surface area contributed by atoms with Crippen molar-refractivity contribution >= 4 is 17.7 Å². The van der Waals surface area contributed by atoms with Crippen molar-refractivity contribution in [2.75, 3.05) is 12.3 Å². The quantitative estimate of drug-likeness (QED) is 0.803. The number of nitrogens with one attached hydrogen (secondary N) is 2. The lowest BCUT2D eigenvalue weighted by molar-refractivity contribution is -0.119. The highest BCUT2D eigenvalue weighted by Crippen LogP contribution is 2.43. The highest BCUT2D eigenvalue weighted by atomic mass is 32.2. The molecule has 1 aromatic heterocycles. The van der Waals surface area contributed by atoms with Crippen LogP contribution in [0.5, 0.6) is 0 Å². The number of hydrogen-bond acceptors (Lipinski definition) is 4. The minimum Gasteiger partial charge on any atom is -0.354 e. The van der Waals surface area contributed by atoms with Crippen molar-refractivity contribution in [3.63, 3.8) is 0 Å². The first-order valence-electron chi connectivity index (χ1n) is 7.52. The van der Waals surface area contributed by atoms with Crippen LogP contribution in [-0.2, 0) is 10.2 Å². The van der Waals surface area contributed by atoms with Crippen LogP contribution in [0, 0.1) is 6.92 Å². The van der Waals surface area contributed by atoms with Gasteiger partial charge >= 0.3 is 0 Å². The number of H-pyrrole nitrogens is 1. The summed E-state index contributed by atoms with van der Waals surface area (Å²) in [5.41, 5.74) is 1.46. The number of hydrogen-bond donors (Lipinski definition) is 2. The number of benzene rings is 1. The van der Waals surface area contributed by atoms with Gasteiger partial charge in [-0.05, 0) is 25.3 Å². The molecule has 0 unspecified atom stereocenters. The molecule has 0 atom stereocenters. The average Bonchev–Trinajstić information content (AvgIpc) is 2.91. The van der Waals surface area contributed by atoms with Crippen LogP contribution in [0.3, 0.4) is 0 Å². The SMILES string of the molecule is Cc1nc(SCC(=O)NCC2(c3ccccc3)CCC2)n[nH]1. The number of aromatic amines is 1. The fourth-order valence-electron chi connectivity index (χ4n) is 2.80. The second-order valence-electron chi connectivity index (χ2n) is 5.77.